The Labute approximate surface area is 116 Å². The predicted molar refractivity (Wildman–Crippen MR) is 79.2 cm³/mol. The summed E-state index contributed by atoms with van der Waals surface area (Å²) in [5, 5.41) is 10.3. The number of aryl methyl sites for hydroxylation is 1. The fourth-order valence-corrected chi connectivity index (χ4v) is 3.20. The van der Waals surface area contributed by atoms with Crippen LogP contribution in [0, 0.1) is 0 Å². The van der Waals surface area contributed by atoms with Crippen LogP contribution in [-0.4, -0.2) is 21.3 Å². The first-order chi connectivity index (χ1) is 8.52. The Morgan fingerprint density at radius 1 is 1.56 bits per heavy atom. The third-order valence-electron chi connectivity index (χ3n) is 2.18. The van der Waals surface area contributed by atoms with Crippen LogP contribution in [0.3, 0.4) is 0 Å². The standard InChI is InChI=1S/C13H19NO2S2/c1-4-5-10-11(6-7-13(15)16)18-12(14-10)8-17-9(2)3/h6-7,9H,4-5,8H2,1-3H3,(H,15,16)/b7-6+. The van der Waals surface area contributed by atoms with E-state index < -0.39 is 5.97 Å². The van der Waals surface area contributed by atoms with E-state index in [1.165, 1.54) is 6.08 Å². The fourth-order valence-electron chi connectivity index (χ4n) is 1.41. The first-order valence-corrected chi connectivity index (χ1v) is 7.90. The van der Waals surface area contributed by atoms with E-state index in [0.717, 1.165) is 34.2 Å². The number of carboxylic acid groups (broad SMARTS) is 1. The minimum absolute atomic E-state index is 0.585. The first kappa shape index (κ1) is 15.2. The second-order valence-electron chi connectivity index (χ2n) is 4.20. The zero-order valence-corrected chi connectivity index (χ0v) is 12.6. The van der Waals surface area contributed by atoms with Gasteiger partial charge in [0.1, 0.15) is 5.01 Å². The summed E-state index contributed by atoms with van der Waals surface area (Å²) in [6.45, 7) is 6.43. The van der Waals surface area contributed by atoms with Gasteiger partial charge in [-0.2, -0.15) is 11.8 Å². The van der Waals surface area contributed by atoms with E-state index >= 15 is 0 Å². The van der Waals surface area contributed by atoms with E-state index in [2.05, 4.69) is 25.8 Å². The summed E-state index contributed by atoms with van der Waals surface area (Å²) in [6, 6.07) is 0. The van der Waals surface area contributed by atoms with Crippen molar-refractivity contribution in [3.8, 4) is 0 Å². The highest BCUT2D eigenvalue weighted by Gasteiger charge is 2.09. The van der Waals surface area contributed by atoms with E-state index in [9.17, 15) is 4.79 Å². The van der Waals surface area contributed by atoms with Gasteiger partial charge in [-0.15, -0.1) is 11.3 Å². The Morgan fingerprint density at radius 2 is 2.28 bits per heavy atom. The molecule has 0 saturated heterocycles. The molecule has 0 fully saturated rings. The number of rotatable bonds is 7. The molecule has 0 aliphatic rings. The van der Waals surface area contributed by atoms with Crippen LogP contribution in [0.1, 0.15) is 42.8 Å². The molecule has 0 atom stereocenters. The molecule has 0 spiro atoms. The molecule has 5 heteroatoms. The summed E-state index contributed by atoms with van der Waals surface area (Å²) in [6.07, 6.45) is 4.77. The summed E-state index contributed by atoms with van der Waals surface area (Å²) in [5.74, 6) is -0.0103. The van der Waals surface area contributed by atoms with Crippen LogP contribution in [0.4, 0.5) is 0 Å². The highest BCUT2D eigenvalue weighted by Crippen LogP contribution is 2.26. The van der Waals surface area contributed by atoms with Gasteiger partial charge < -0.3 is 5.11 Å². The molecule has 0 amide bonds. The molecular formula is C13H19NO2S2. The molecule has 1 heterocycles. The van der Waals surface area contributed by atoms with E-state index in [0.29, 0.717) is 5.25 Å². The van der Waals surface area contributed by atoms with Gasteiger partial charge in [-0.1, -0.05) is 27.2 Å². The summed E-state index contributed by atoms with van der Waals surface area (Å²) in [5.41, 5.74) is 1.03. The van der Waals surface area contributed by atoms with Gasteiger partial charge in [0.2, 0.25) is 0 Å². The Hall–Kier alpha value is -0.810. The molecular weight excluding hydrogens is 266 g/mol. The quantitative estimate of drug-likeness (QED) is 0.773. The van der Waals surface area contributed by atoms with Crippen molar-refractivity contribution in [1.82, 2.24) is 4.98 Å². The van der Waals surface area contributed by atoms with Crippen LogP contribution in [0.5, 0.6) is 0 Å². The molecule has 1 aromatic heterocycles. The minimum Gasteiger partial charge on any atom is -0.478 e. The molecule has 0 unspecified atom stereocenters. The second kappa shape index (κ2) is 7.59. The maximum atomic E-state index is 10.6. The lowest BCUT2D eigenvalue weighted by molar-refractivity contribution is -0.131. The zero-order chi connectivity index (χ0) is 13.5. The van der Waals surface area contributed by atoms with Crippen LogP contribution in [0.15, 0.2) is 6.08 Å². The lowest BCUT2D eigenvalue weighted by Crippen LogP contribution is -1.90. The first-order valence-electron chi connectivity index (χ1n) is 6.04. The molecule has 100 valence electrons. The number of thiazole rings is 1. The van der Waals surface area contributed by atoms with Crippen molar-refractivity contribution in [2.45, 2.75) is 44.6 Å². The van der Waals surface area contributed by atoms with Crippen molar-refractivity contribution in [2.75, 3.05) is 0 Å². The number of carboxylic acids is 1. The number of carbonyl (C=O) groups is 1. The van der Waals surface area contributed by atoms with E-state index in [4.69, 9.17) is 5.11 Å². The maximum absolute atomic E-state index is 10.6. The molecule has 1 aromatic rings. The van der Waals surface area contributed by atoms with Gasteiger partial charge >= 0.3 is 5.97 Å². The zero-order valence-electron chi connectivity index (χ0n) is 11.0. The summed E-state index contributed by atoms with van der Waals surface area (Å²) >= 11 is 3.46. The molecule has 0 aliphatic heterocycles. The number of hydrogen-bond donors (Lipinski definition) is 1. The van der Waals surface area contributed by atoms with Crippen LogP contribution >= 0.6 is 23.1 Å². The topological polar surface area (TPSA) is 50.2 Å². The molecule has 3 nitrogen and oxygen atoms in total. The Bertz CT molecular complexity index is 425. The van der Waals surface area contributed by atoms with E-state index in [1.54, 1.807) is 17.4 Å². The van der Waals surface area contributed by atoms with Gasteiger partial charge in [-0.3, -0.25) is 0 Å². The van der Waals surface area contributed by atoms with Crippen molar-refractivity contribution in [3.05, 3.63) is 21.7 Å². The molecule has 0 bridgehead atoms. The maximum Gasteiger partial charge on any atom is 0.328 e. The molecule has 0 radical (unpaired) electrons. The van der Waals surface area contributed by atoms with Crippen LogP contribution in [0.2, 0.25) is 0 Å². The Kier molecular flexibility index (Phi) is 6.43. The lowest BCUT2D eigenvalue weighted by Gasteiger charge is -2.00. The Balaban J connectivity index is 2.82. The van der Waals surface area contributed by atoms with Gasteiger partial charge in [-0.05, 0) is 17.7 Å². The summed E-state index contributed by atoms with van der Waals surface area (Å²) < 4.78 is 0. The van der Waals surface area contributed by atoms with E-state index in [1.807, 2.05) is 11.8 Å². The number of thioether (sulfide) groups is 1. The van der Waals surface area contributed by atoms with Gasteiger partial charge in [0.15, 0.2) is 0 Å². The number of hydrogen-bond acceptors (Lipinski definition) is 4. The van der Waals surface area contributed by atoms with Crippen molar-refractivity contribution < 1.29 is 9.90 Å². The third kappa shape index (κ3) is 5.23. The number of aromatic nitrogens is 1. The average molecular weight is 285 g/mol. The smallest absolute Gasteiger partial charge is 0.328 e. The highest BCUT2D eigenvalue weighted by molar-refractivity contribution is 7.99. The second-order valence-corrected chi connectivity index (χ2v) is 6.88. The monoisotopic (exact) mass is 285 g/mol. The predicted octanol–water partition coefficient (Wildman–Crippen LogP) is 3.84. The molecule has 0 aliphatic carbocycles. The number of aliphatic carboxylic acids is 1. The largest absolute Gasteiger partial charge is 0.478 e. The van der Waals surface area contributed by atoms with Crippen molar-refractivity contribution in [2.24, 2.45) is 0 Å². The van der Waals surface area contributed by atoms with Crippen molar-refractivity contribution in [3.63, 3.8) is 0 Å². The summed E-state index contributed by atoms with van der Waals surface area (Å²) in [7, 11) is 0. The highest BCUT2D eigenvalue weighted by atomic mass is 32.2. The van der Waals surface area contributed by atoms with Gasteiger partial charge in [0.05, 0.1) is 10.6 Å². The van der Waals surface area contributed by atoms with Gasteiger partial charge in [0, 0.05) is 11.8 Å². The molecule has 1 N–H and O–H groups in total. The average Bonchev–Trinajstić information content (AvgIpc) is 2.67. The normalized spacial score (nSPS) is 11.6. The molecule has 0 aromatic carbocycles. The lowest BCUT2D eigenvalue weighted by atomic mass is 10.2. The third-order valence-corrected chi connectivity index (χ3v) is 4.53. The van der Waals surface area contributed by atoms with Gasteiger partial charge in [0.25, 0.3) is 0 Å². The molecule has 1 rings (SSSR count). The molecule has 18 heavy (non-hydrogen) atoms. The minimum atomic E-state index is -0.913. The Morgan fingerprint density at radius 3 is 2.83 bits per heavy atom. The van der Waals surface area contributed by atoms with Crippen molar-refractivity contribution >= 4 is 35.1 Å². The van der Waals surface area contributed by atoms with Crippen LogP contribution in [0.25, 0.3) is 6.08 Å². The van der Waals surface area contributed by atoms with Crippen LogP contribution < -0.4 is 0 Å². The fraction of sp³-hybridized carbons (Fsp3) is 0.538. The number of nitrogens with zero attached hydrogens (tertiary/aromatic N) is 1. The van der Waals surface area contributed by atoms with E-state index in [-0.39, 0.29) is 0 Å². The molecule has 0 saturated carbocycles. The van der Waals surface area contributed by atoms with Gasteiger partial charge in [-0.25, -0.2) is 9.78 Å². The SMILES string of the molecule is CCCc1nc(CSC(C)C)sc1/C=C/C(=O)O. The van der Waals surface area contributed by atoms with Crippen molar-refractivity contribution in [1.29, 1.82) is 0 Å². The van der Waals surface area contributed by atoms with Crippen LogP contribution in [-0.2, 0) is 17.0 Å². The summed E-state index contributed by atoms with van der Waals surface area (Å²) in [4.78, 5) is 16.1.